The van der Waals surface area contributed by atoms with Crippen LogP contribution in [0.2, 0.25) is 5.02 Å². The van der Waals surface area contributed by atoms with Gasteiger partial charge in [-0.05, 0) is 42.0 Å². The molecule has 4 rings (SSSR count). The SMILES string of the molecule is O=C1[C@@H]2CSC(c3ccc(Cl)cc3)N2C(=O)N1c1ccc(F)cc1. The number of imide groups is 1. The summed E-state index contributed by atoms with van der Waals surface area (Å²) in [5.74, 6) is -0.140. The highest BCUT2D eigenvalue weighted by Gasteiger charge is 2.53. The van der Waals surface area contributed by atoms with Gasteiger partial charge in [-0.1, -0.05) is 23.7 Å². The lowest BCUT2D eigenvalue weighted by atomic mass is 10.2. The summed E-state index contributed by atoms with van der Waals surface area (Å²) in [5.41, 5.74) is 1.31. The van der Waals surface area contributed by atoms with Gasteiger partial charge in [-0.25, -0.2) is 14.1 Å². The molecule has 2 aliphatic heterocycles. The van der Waals surface area contributed by atoms with E-state index in [1.54, 1.807) is 28.8 Å². The summed E-state index contributed by atoms with van der Waals surface area (Å²) in [7, 11) is 0. The number of nitrogens with zero attached hydrogens (tertiary/aromatic N) is 2. The van der Waals surface area contributed by atoms with Crippen molar-refractivity contribution in [3.05, 3.63) is 64.9 Å². The Labute approximate surface area is 147 Å². The number of fused-ring (bicyclic) bond motifs is 1. The van der Waals surface area contributed by atoms with E-state index < -0.39 is 11.9 Å². The van der Waals surface area contributed by atoms with Gasteiger partial charge in [0.05, 0.1) is 5.69 Å². The lowest BCUT2D eigenvalue weighted by molar-refractivity contribution is -0.119. The van der Waals surface area contributed by atoms with Gasteiger partial charge in [-0.2, -0.15) is 0 Å². The standard InChI is InChI=1S/C17H12ClFN2O2S/c18-11-3-1-10(2-4-11)16-21-14(9-24-16)15(22)20(17(21)23)13-7-5-12(19)6-8-13/h1-8,14,16H,9H2/t14-,16?/m0/s1. The van der Waals surface area contributed by atoms with Gasteiger partial charge < -0.3 is 0 Å². The third kappa shape index (κ3) is 2.37. The number of anilines is 1. The second-order valence-corrected chi connectivity index (χ2v) is 7.14. The maximum absolute atomic E-state index is 13.1. The van der Waals surface area contributed by atoms with Crippen LogP contribution in [0.3, 0.4) is 0 Å². The molecule has 0 aliphatic carbocycles. The number of amides is 3. The van der Waals surface area contributed by atoms with Crippen LogP contribution in [0.5, 0.6) is 0 Å². The Morgan fingerprint density at radius 2 is 1.71 bits per heavy atom. The van der Waals surface area contributed by atoms with E-state index >= 15 is 0 Å². The average molecular weight is 363 g/mol. The van der Waals surface area contributed by atoms with Gasteiger partial charge in [-0.15, -0.1) is 11.8 Å². The second kappa shape index (κ2) is 5.79. The number of benzene rings is 2. The highest BCUT2D eigenvalue weighted by Crippen LogP contribution is 2.46. The van der Waals surface area contributed by atoms with E-state index in [0.29, 0.717) is 16.5 Å². The summed E-state index contributed by atoms with van der Waals surface area (Å²) in [6.45, 7) is 0. The topological polar surface area (TPSA) is 40.6 Å². The number of carbonyl (C=O) groups is 2. The van der Waals surface area contributed by atoms with Crippen molar-refractivity contribution in [3.8, 4) is 0 Å². The monoisotopic (exact) mass is 362 g/mol. The van der Waals surface area contributed by atoms with Gasteiger partial charge in [-0.3, -0.25) is 9.69 Å². The van der Waals surface area contributed by atoms with Crippen LogP contribution in [0.25, 0.3) is 0 Å². The lowest BCUT2D eigenvalue weighted by Gasteiger charge is -2.23. The van der Waals surface area contributed by atoms with Gasteiger partial charge in [0.1, 0.15) is 17.2 Å². The normalized spacial score (nSPS) is 23.1. The fourth-order valence-corrected chi connectivity index (χ4v) is 4.54. The van der Waals surface area contributed by atoms with Crippen molar-refractivity contribution in [2.75, 3.05) is 10.7 Å². The second-order valence-electron chi connectivity index (χ2n) is 5.59. The Morgan fingerprint density at radius 3 is 2.38 bits per heavy atom. The summed E-state index contributed by atoms with van der Waals surface area (Å²) >= 11 is 7.47. The maximum atomic E-state index is 13.1. The first kappa shape index (κ1) is 15.5. The van der Waals surface area contributed by atoms with Crippen LogP contribution in [0.15, 0.2) is 48.5 Å². The van der Waals surface area contributed by atoms with E-state index in [1.165, 1.54) is 24.3 Å². The summed E-state index contributed by atoms with van der Waals surface area (Å²) in [6.07, 6.45) is 0. The number of hydrogen-bond acceptors (Lipinski definition) is 3. The molecule has 1 unspecified atom stereocenters. The Hall–Kier alpha value is -2.05. The number of carbonyl (C=O) groups excluding carboxylic acids is 2. The predicted octanol–water partition coefficient (Wildman–Crippen LogP) is 4.06. The zero-order valence-corrected chi connectivity index (χ0v) is 13.9. The number of urea groups is 1. The molecule has 0 aromatic heterocycles. The Morgan fingerprint density at radius 1 is 1.04 bits per heavy atom. The molecule has 0 bridgehead atoms. The average Bonchev–Trinajstić information content (AvgIpc) is 3.11. The number of rotatable bonds is 2. The zero-order valence-electron chi connectivity index (χ0n) is 12.4. The van der Waals surface area contributed by atoms with Crippen LogP contribution in [-0.2, 0) is 4.79 Å². The number of halogens is 2. The predicted molar refractivity (Wildman–Crippen MR) is 91.6 cm³/mol. The van der Waals surface area contributed by atoms with Crippen molar-refractivity contribution in [2.24, 2.45) is 0 Å². The minimum Gasteiger partial charge on any atom is -0.295 e. The van der Waals surface area contributed by atoms with E-state index in [9.17, 15) is 14.0 Å². The van der Waals surface area contributed by atoms with E-state index in [4.69, 9.17) is 11.6 Å². The van der Waals surface area contributed by atoms with Crippen LogP contribution < -0.4 is 4.90 Å². The van der Waals surface area contributed by atoms with Gasteiger partial charge in [0.25, 0.3) is 5.91 Å². The fourth-order valence-electron chi connectivity index (χ4n) is 3.00. The molecular weight excluding hydrogens is 351 g/mol. The Kier molecular flexibility index (Phi) is 3.73. The zero-order chi connectivity index (χ0) is 16.8. The van der Waals surface area contributed by atoms with Crippen molar-refractivity contribution in [1.82, 2.24) is 4.90 Å². The quantitative estimate of drug-likeness (QED) is 0.756. The van der Waals surface area contributed by atoms with E-state index in [2.05, 4.69) is 0 Å². The molecule has 0 radical (unpaired) electrons. The van der Waals surface area contributed by atoms with Crippen molar-refractivity contribution >= 4 is 41.0 Å². The fraction of sp³-hybridized carbons (Fsp3) is 0.176. The third-order valence-electron chi connectivity index (χ3n) is 4.16. The van der Waals surface area contributed by atoms with Crippen LogP contribution in [0.4, 0.5) is 14.9 Å². The lowest BCUT2D eigenvalue weighted by Crippen LogP contribution is -2.33. The Balaban J connectivity index is 1.67. The van der Waals surface area contributed by atoms with Crippen LogP contribution in [0, 0.1) is 5.82 Å². The highest BCUT2D eigenvalue weighted by molar-refractivity contribution is 7.99. The van der Waals surface area contributed by atoms with Crippen molar-refractivity contribution < 1.29 is 14.0 Å². The summed E-state index contributed by atoms with van der Waals surface area (Å²) in [4.78, 5) is 28.2. The van der Waals surface area contributed by atoms with Crippen LogP contribution in [-0.4, -0.2) is 28.6 Å². The van der Waals surface area contributed by atoms with Gasteiger partial charge >= 0.3 is 6.03 Å². The number of hydrogen-bond donors (Lipinski definition) is 0. The maximum Gasteiger partial charge on any atom is 0.333 e. The molecule has 0 N–H and O–H groups in total. The first-order chi connectivity index (χ1) is 11.6. The van der Waals surface area contributed by atoms with Gasteiger partial charge in [0.2, 0.25) is 0 Å². The Bertz CT molecular complexity index is 812. The molecule has 24 heavy (non-hydrogen) atoms. The molecule has 2 heterocycles. The molecule has 122 valence electrons. The molecule has 2 aromatic rings. The minimum absolute atomic E-state index is 0.228. The smallest absolute Gasteiger partial charge is 0.295 e. The van der Waals surface area contributed by atoms with Crippen molar-refractivity contribution in [1.29, 1.82) is 0 Å². The van der Waals surface area contributed by atoms with E-state index in [1.807, 2.05) is 12.1 Å². The molecule has 2 saturated heterocycles. The molecule has 4 nitrogen and oxygen atoms in total. The first-order valence-electron chi connectivity index (χ1n) is 7.35. The molecule has 2 atom stereocenters. The van der Waals surface area contributed by atoms with Crippen LogP contribution >= 0.6 is 23.4 Å². The van der Waals surface area contributed by atoms with E-state index in [-0.39, 0.29) is 17.3 Å². The molecule has 7 heteroatoms. The van der Waals surface area contributed by atoms with Crippen molar-refractivity contribution in [2.45, 2.75) is 11.4 Å². The molecule has 2 aromatic carbocycles. The molecule has 2 aliphatic rings. The molecule has 3 amide bonds. The summed E-state index contributed by atoms with van der Waals surface area (Å²) in [6, 6.07) is 11.8. The van der Waals surface area contributed by atoms with Gasteiger partial charge in [0.15, 0.2) is 0 Å². The van der Waals surface area contributed by atoms with Gasteiger partial charge in [0, 0.05) is 10.8 Å². The molecule has 2 fully saturated rings. The van der Waals surface area contributed by atoms with E-state index in [0.717, 1.165) is 10.5 Å². The van der Waals surface area contributed by atoms with Crippen LogP contribution in [0.1, 0.15) is 10.9 Å². The summed E-state index contributed by atoms with van der Waals surface area (Å²) in [5, 5.41) is 0.393. The van der Waals surface area contributed by atoms with Crippen molar-refractivity contribution in [3.63, 3.8) is 0 Å². The first-order valence-corrected chi connectivity index (χ1v) is 8.78. The molecular formula is C17H12ClFN2O2S. The number of thioether (sulfide) groups is 1. The molecule has 0 saturated carbocycles. The third-order valence-corrected chi connectivity index (χ3v) is 5.73. The molecule has 0 spiro atoms. The highest BCUT2D eigenvalue weighted by atomic mass is 35.5. The minimum atomic E-state index is -0.492. The largest absolute Gasteiger partial charge is 0.333 e. The summed E-state index contributed by atoms with van der Waals surface area (Å²) < 4.78 is 13.1.